The van der Waals surface area contributed by atoms with Crippen molar-refractivity contribution in [2.45, 2.75) is 25.4 Å². The van der Waals surface area contributed by atoms with Crippen LogP contribution in [-0.4, -0.2) is 11.2 Å². The van der Waals surface area contributed by atoms with Crippen molar-refractivity contribution in [3.63, 3.8) is 0 Å². The number of hydrogen-bond donors (Lipinski definition) is 1. The van der Waals surface area contributed by atoms with E-state index in [1.807, 2.05) is 0 Å². The van der Waals surface area contributed by atoms with E-state index in [-0.39, 0.29) is 6.10 Å². The number of aliphatic hydroxyl groups excluding tert-OH is 1. The molecule has 0 aromatic carbocycles. The number of hydrogen-bond acceptors (Lipinski definition) is 1. The van der Waals surface area contributed by atoms with E-state index in [2.05, 4.69) is 0 Å². The van der Waals surface area contributed by atoms with Gasteiger partial charge < -0.3 is 5.11 Å². The summed E-state index contributed by atoms with van der Waals surface area (Å²) >= 11 is 0. The zero-order valence-electron chi connectivity index (χ0n) is 5.46. The quantitative estimate of drug-likeness (QED) is 0.511. The van der Waals surface area contributed by atoms with E-state index in [0.29, 0.717) is 0 Å². The van der Waals surface area contributed by atoms with Crippen LogP contribution in [0.1, 0.15) is 19.3 Å². The van der Waals surface area contributed by atoms with Crippen molar-refractivity contribution in [1.29, 1.82) is 0 Å². The fraction of sp³-hybridized carbons (Fsp3) is 1.00. The van der Waals surface area contributed by atoms with Gasteiger partial charge in [0.2, 0.25) is 0 Å². The molecule has 3 unspecified atom stereocenters. The highest BCUT2D eigenvalue weighted by atomic mass is 16.3. The molecule has 4 bridgehead atoms. The van der Waals surface area contributed by atoms with E-state index < -0.39 is 0 Å². The summed E-state index contributed by atoms with van der Waals surface area (Å²) in [7, 11) is 0. The van der Waals surface area contributed by atoms with Gasteiger partial charge in [-0.25, -0.2) is 0 Å². The van der Waals surface area contributed by atoms with Gasteiger partial charge in [-0.2, -0.15) is 0 Å². The Labute approximate surface area is 55.1 Å². The van der Waals surface area contributed by atoms with E-state index in [1.165, 1.54) is 12.8 Å². The van der Waals surface area contributed by atoms with Gasteiger partial charge in [0, 0.05) is 0 Å². The normalized spacial score (nSPS) is 68.3. The second-order valence-corrected chi connectivity index (χ2v) is 3.95. The molecule has 0 heterocycles. The number of fused-ring (bicyclic) bond motifs is 2. The lowest BCUT2D eigenvalue weighted by Gasteiger charge is -2.34. The molecule has 0 amide bonds. The zero-order valence-corrected chi connectivity index (χ0v) is 5.46. The minimum Gasteiger partial charge on any atom is -0.393 e. The molecule has 1 N–H and O–H groups in total. The predicted octanol–water partition coefficient (Wildman–Crippen LogP) is 1.02. The lowest BCUT2D eigenvalue weighted by Crippen LogP contribution is -2.32. The van der Waals surface area contributed by atoms with Gasteiger partial charge in [0.1, 0.15) is 0 Å². The standard InChI is InChI=1S/C8H12O/c9-7-3-6-4-1-2-5(6)8(4)7/h4-9H,1-3H2. The molecule has 0 saturated heterocycles. The van der Waals surface area contributed by atoms with Crippen LogP contribution in [0.2, 0.25) is 0 Å². The molecule has 0 radical (unpaired) electrons. The highest BCUT2D eigenvalue weighted by Gasteiger charge is 2.63. The molecule has 1 nitrogen and oxygen atoms in total. The molecule has 5 saturated carbocycles. The summed E-state index contributed by atoms with van der Waals surface area (Å²) in [4.78, 5) is 0. The average Bonchev–Trinajstić information content (AvgIpc) is 2.34. The summed E-state index contributed by atoms with van der Waals surface area (Å²) in [6, 6.07) is 0. The Morgan fingerprint density at radius 3 is 2.00 bits per heavy atom. The minimum atomic E-state index is 0.104. The van der Waals surface area contributed by atoms with Crippen LogP contribution in [0.3, 0.4) is 0 Å². The van der Waals surface area contributed by atoms with Crippen LogP contribution >= 0.6 is 0 Å². The van der Waals surface area contributed by atoms with Crippen LogP contribution in [0, 0.1) is 23.7 Å². The van der Waals surface area contributed by atoms with Gasteiger partial charge >= 0.3 is 0 Å². The molecule has 50 valence electrons. The van der Waals surface area contributed by atoms with Gasteiger partial charge in [-0.15, -0.1) is 0 Å². The smallest absolute Gasteiger partial charge is 0.0576 e. The van der Waals surface area contributed by atoms with Gasteiger partial charge in [-0.3, -0.25) is 0 Å². The van der Waals surface area contributed by atoms with Crippen molar-refractivity contribution in [2.75, 3.05) is 0 Å². The third kappa shape index (κ3) is 0.337. The van der Waals surface area contributed by atoms with Crippen LogP contribution in [-0.2, 0) is 0 Å². The maximum atomic E-state index is 9.42. The maximum absolute atomic E-state index is 9.42. The van der Waals surface area contributed by atoms with Crippen LogP contribution in [0.5, 0.6) is 0 Å². The van der Waals surface area contributed by atoms with Gasteiger partial charge in [0.25, 0.3) is 0 Å². The summed E-state index contributed by atoms with van der Waals surface area (Å²) in [6.07, 6.45) is 4.10. The SMILES string of the molecule is OC1CC2C3CCC2C13. The molecular formula is C8H12O. The Hall–Kier alpha value is -0.0400. The summed E-state index contributed by atoms with van der Waals surface area (Å²) in [6.45, 7) is 0. The van der Waals surface area contributed by atoms with Crippen LogP contribution in [0.4, 0.5) is 0 Å². The molecule has 5 rings (SSSR count). The summed E-state index contributed by atoms with van der Waals surface area (Å²) in [5.41, 5.74) is 0. The third-order valence-corrected chi connectivity index (χ3v) is 3.88. The second kappa shape index (κ2) is 1.20. The summed E-state index contributed by atoms with van der Waals surface area (Å²) in [5.74, 6) is 3.65. The molecule has 0 aromatic rings. The minimum absolute atomic E-state index is 0.104. The molecule has 5 aliphatic carbocycles. The first kappa shape index (κ1) is 4.73. The Morgan fingerprint density at radius 2 is 1.67 bits per heavy atom. The number of rotatable bonds is 0. The Bertz CT molecular complexity index is 143. The lowest BCUT2D eigenvalue weighted by atomic mass is 9.71. The van der Waals surface area contributed by atoms with Crippen molar-refractivity contribution >= 4 is 0 Å². The van der Waals surface area contributed by atoms with Crippen molar-refractivity contribution in [1.82, 2.24) is 0 Å². The average molecular weight is 124 g/mol. The molecule has 5 fully saturated rings. The van der Waals surface area contributed by atoms with Crippen molar-refractivity contribution in [2.24, 2.45) is 23.7 Å². The van der Waals surface area contributed by atoms with Gasteiger partial charge in [0.05, 0.1) is 6.10 Å². The van der Waals surface area contributed by atoms with Gasteiger partial charge in [-0.05, 0) is 42.9 Å². The van der Waals surface area contributed by atoms with Crippen molar-refractivity contribution in [3.05, 3.63) is 0 Å². The zero-order chi connectivity index (χ0) is 6.01. The van der Waals surface area contributed by atoms with Gasteiger partial charge in [-0.1, -0.05) is 0 Å². The molecule has 9 heavy (non-hydrogen) atoms. The van der Waals surface area contributed by atoms with Crippen molar-refractivity contribution < 1.29 is 5.11 Å². The van der Waals surface area contributed by atoms with E-state index >= 15 is 0 Å². The van der Waals surface area contributed by atoms with Crippen LogP contribution in [0.15, 0.2) is 0 Å². The largest absolute Gasteiger partial charge is 0.393 e. The van der Waals surface area contributed by atoms with E-state index in [1.54, 1.807) is 0 Å². The van der Waals surface area contributed by atoms with Crippen LogP contribution in [0.25, 0.3) is 0 Å². The molecule has 3 atom stereocenters. The summed E-state index contributed by atoms with van der Waals surface area (Å²) < 4.78 is 0. The first-order valence-corrected chi connectivity index (χ1v) is 4.06. The second-order valence-electron chi connectivity index (χ2n) is 3.95. The maximum Gasteiger partial charge on any atom is 0.0576 e. The fourth-order valence-corrected chi connectivity index (χ4v) is 3.61. The Kier molecular flexibility index (Phi) is 0.628. The monoisotopic (exact) mass is 124 g/mol. The Balaban J connectivity index is 2.01. The lowest BCUT2D eigenvalue weighted by molar-refractivity contribution is 0.0663. The van der Waals surface area contributed by atoms with Crippen LogP contribution < -0.4 is 0 Å². The van der Waals surface area contributed by atoms with Crippen molar-refractivity contribution in [3.8, 4) is 0 Å². The van der Waals surface area contributed by atoms with E-state index in [4.69, 9.17) is 0 Å². The fourth-order valence-electron chi connectivity index (χ4n) is 3.61. The highest BCUT2D eigenvalue weighted by molar-refractivity contribution is 5.12. The summed E-state index contributed by atoms with van der Waals surface area (Å²) in [5, 5.41) is 9.42. The molecule has 1 heteroatoms. The predicted molar refractivity (Wildman–Crippen MR) is 33.8 cm³/mol. The molecule has 0 aliphatic heterocycles. The van der Waals surface area contributed by atoms with Gasteiger partial charge in [0.15, 0.2) is 0 Å². The molecule has 5 aliphatic rings. The highest BCUT2D eigenvalue weighted by Crippen LogP contribution is 2.66. The topological polar surface area (TPSA) is 20.2 Å². The van der Waals surface area contributed by atoms with E-state index in [0.717, 1.165) is 30.1 Å². The third-order valence-electron chi connectivity index (χ3n) is 3.88. The molecular weight excluding hydrogens is 112 g/mol. The van der Waals surface area contributed by atoms with E-state index in [9.17, 15) is 5.11 Å². The first-order valence-electron chi connectivity index (χ1n) is 4.06. The Morgan fingerprint density at radius 1 is 1.00 bits per heavy atom. The molecule has 0 spiro atoms. The first-order chi connectivity index (χ1) is 4.38. The number of aliphatic hydroxyl groups is 1. The molecule has 0 aromatic heterocycles.